The number of nitrogen functional groups attached to an aromatic ring is 1. The largest absolute Gasteiger partial charge is 0.454 e. The van der Waals surface area contributed by atoms with Crippen molar-refractivity contribution < 1.29 is 23.9 Å². The lowest BCUT2D eigenvalue weighted by molar-refractivity contribution is -0.121. The second kappa shape index (κ2) is 14.0. The van der Waals surface area contributed by atoms with E-state index in [0.29, 0.717) is 16.7 Å². The van der Waals surface area contributed by atoms with E-state index >= 15 is 0 Å². The molecule has 2 amide bonds. The first-order valence-corrected chi connectivity index (χ1v) is 16.0. The number of carbonyl (C=O) groups is 4. The monoisotopic (exact) mass is 707 g/mol. The third-order valence-electron chi connectivity index (χ3n) is 7.50. The number of thioether (sulfide) groups is 1. The lowest BCUT2D eigenvalue weighted by Crippen LogP contribution is -2.31. The van der Waals surface area contributed by atoms with E-state index < -0.39 is 29.6 Å². The molecule has 1 fully saturated rings. The van der Waals surface area contributed by atoms with Crippen LogP contribution < -0.4 is 10.6 Å². The number of ether oxygens (including phenoxy) is 1. The Morgan fingerprint density at radius 3 is 2.19 bits per heavy atom. The fraction of sp³-hybridized carbons (Fsp3) is 0.171. The molecule has 1 atom stereocenters. The average molecular weight is 709 g/mol. The first kappa shape index (κ1) is 33.1. The third-order valence-corrected chi connectivity index (χ3v) is 9.20. The van der Waals surface area contributed by atoms with Crippen LogP contribution in [0.2, 0.25) is 0 Å². The normalized spacial score (nSPS) is 14.2. The maximum Gasteiger partial charge on any atom is 0.338 e. The SMILES string of the molecule is CC(C)c1ccc(-c2c(C#N)c(N)nc(SC3CC(=O)N(c4ccc(C(=O)OCC(=O)c5ccc(Br)cc5)cc4)C3=O)c2C#N)cc1. The lowest BCUT2D eigenvalue weighted by Gasteiger charge is -2.17. The van der Waals surface area contributed by atoms with Crippen molar-refractivity contribution in [3.8, 4) is 23.3 Å². The predicted octanol–water partition coefficient (Wildman–Crippen LogP) is 6.42. The van der Waals surface area contributed by atoms with Gasteiger partial charge >= 0.3 is 5.97 Å². The number of esters is 1. The number of halogens is 1. The van der Waals surface area contributed by atoms with E-state index in [4.69, 9.17) is 10.5 Å². The smallest absolute Gasteiger partial charge is 0.338 e. The standard InChI is InChI=1S/C35H26BrN5O5S/c1-19(2)20-3-5-22(6-4-20)31-26(16-37)32(39)40-33(27(31)17-38)47-29-15-30(43)41(34(29)44)25-13-9-23(10-14-25)35(45)46-18-28(42)21-7-11-24(36)12-8-21/h3-14,19,29H,15,18H2,1-2H3,(H2,39,40). The molecule has 1 aliphatic heterocycles. The van der Waals surface area contributed by atoms with Gasteiger partial charge in [-0.25, -0.2) is 14.7 Å². The molecule has 0 saturated carbocycles. The molecule has 2 N–H and O–H groups in total. The van der Waals surface area contributed by atoms with Gasteiger partial charge in [-0.3, -0.25) is 14.4 Å². The van der Waals surface area contributed by atoms with Crippen molar-refractivity contribution in [2.24, 2.45) is 0 Å². The van der Waals surface area contributed by atoms with Crippen molar-refractivity contribution in [1.82, 2.24) is 4.98 Å². The first-order valence-electron chi connectivity index (χ1n) is 14.4. The summed E-state index contributed by atoms with van der Waals surface area (Å²) >= 11 is 4.23. The van der Waals surface area contributed by atoms with Crippen molar-refractivity contribution in [3.05, 3.63) is 105 Å². The highest BCUT2D eigenvalue weighted by atomic mass is 79.9. The molecule has 1 aromatic heterocycles. The van der Waals surface area contributed by atoms with Crippen LogP contribution in [0, 0.1) is 22.7 Å². The van der Waals surface area contributed by atoms with Gasteiger partial charge in [-0.15, -0.1) is 0 Å². The van der Waals surface area contributed by atoms with Gasteiger partial charge in [0.05, 0.1) is 22.1 Å². The number of nitrogens with two attached hydrogens (primary N) is 1. The summed E-state index contributed by atoms with van der Waals surface area (Å²) in [5, 5.41) is 19.3. The molecule has 1 unspecified atom stereocenters. The van der Waals surface area contributed by atoms with Gasteiger partial charge in [0, 0.05) is 22.0 Å². The minimum Gasteiger partial charge on any atom is -0.454 e. The van der Waals surface area contributed by atoms with E-state index in [1.54, 1.807) is 24.3 Å². The van der Waals surface area contributed by atoms with Crippen LogP contribution in [-0.4, -0.2) is 40.4 Å². The molecule has 10 nitrogen and oxygen atoms in total. The van der Waals surface area contributed by atoms with Crippen LogP contribution >= 0.6 is 27.7 Å². The number of carbonyl (C=O) groups excluding carboxylic acids is 4. The summed E-state index contributed by atoms with van der Waals surface area (Å²) in [7, 11) is 0. The number of hydrogen-bond donors (Lipinski definition) is 1. The summed E-state index contributed by atoms with van der Waals surface area (Å²) in [4.78, 5) is 56.7. The number of hydrogen-bond acceptors (Lipinski definition) is 10. The molecule has 0 spiro atoms. The quantitative estimate of drug-likeness (QED) is 0.116. The predicted molar refractivity (Wildman–Crippen MR) is 180 cm³/mol. The van der Waals surface area contributed by atoms with E-state index in [1.165, 1.54) is 24.3 Å². The molecule has 0 radical (unpaired) electrons. The fourth-order valence-corrected chi connectivity index (χ4v) is 6.37. The number of ketones is 1. The molecule has 5 rings (SSSR count). The molecule has 47 heavy (non-hydrogen) atoms. The molecule has 1 saturated heterocycles. The molecule has 2 heterocycles. The summed E-state index contributed by atoms with van der Waals surface area (Å²) in [6.45, 7) is 3.66. The second-order valence-corrected chi connectivity index (χ2v) is 13.0. The Kier molecular flexibility index (Phi) is 9.85. The van der Waals surface area contributed by atoms with Crippen molar-refractivity contribution in [2.45, 2.75) is 36.5 Å². The number of nitriles is 2. The molecule has 4 aromatic rings. The highest BCUT2D eigenvalue weighted by Gasteiger charge is 2.41. The minimum atomic E-state index is -0.917. The molecule has 1 aliphatic rings. The number of benzene rings is 3. The molecule has 234 valence electrons. The Hall–Kier alpha value is -5.30. The fourth-order valence-electron chi connectivity index (χ4n) is 4.99. The Morgan fingerprint density at radius 2 is 1.60 bits per heavy atom. The summed E-state index contributed by atoms with van der Waals surface area (Å²) in [6.07, 6.45) is -0.170. The Bertz CT molecular complexity index is 1980. The van der Waals surface area contributed by atoms with Gasteiger partial charge in [0.1, 0.15) is 28.5 Å². The average Bonchev–Trinajstić information content (AvgIpc) is 3.35. The van der Waals surface area contributed by atoms with Crippen LogP contribution in [0.5, 0.6) is 0 Å². The van der Waals surface area contributed by atoms with Crippen LogP contribution in [0.4, 0.5) is 11.5 Å². The van der Waals surface area contributed by atoms with E-state index in [2.05, 4.69) is 40.8 Å². The highest BCUT2D eigenvalue weighted by Crippen LogP contribution is 2.40. The number of rotatable bonds is 9. The maximum absolute atomic E-state index is 13.5. The number of imide groups is 1. The van der Waals surface area contributed by atoms with E-state index in [-0.39, 0.29) is 51.3 Å². The second-order valence-electron chi connectivity index (χ2n) is 10.9. The topological polar surface area (TPSA) is 167 Å². The van der Waals surface area contributed by atoms with Crippen molar-refractivity contribution >= 4 is 62.8 Å². The van der Waals surface area contributed by atoms with Crippen LogP contribution in [0.15, 0.2) is 82.3 Å². The lowest BCUT2D eigenvalue weighted by atomic mass is 9.94. The van der Waals surface area contributed by atoms with Crippen LogP contribution in [0.1, 0.15) is 63.6 Å². The number of aromatic nitrogens is 1. The van der Waals surface area contributed by atoms with Gasteiger partial charge in [-0.2, -0.15) is 10.5 Å². The Labute approximate surface area is 283 Å². The number of Topliss-reactive ketones (excluding diaryl/α,β-unsaturated/α-hetero) is 1. The van der Waals surface area contributed by atoms with Gasteiger partial charge in [0.15, 0.2) is 12.4 Å². The minimum absolute atomic E-state index is 0.0509. The zero-order valence-electron chi connectivity index (χ0n) is 25.2. The summed E-state index contributed by atoms with van der Waals surface area (Å²) < 4.78 is 5.97. The summed E-state index contributed by atoms with van der Waals surface area (Å²) in [5.41, 5.74) is 9.06. The van der Waals surface area contributed by atoms with Crippen LogP contribution in [0.25, 0.3) is 11.1 Å². The van der Waals surface area contributed by atoms with E-state index in [1.807, 2.05) is 30.3 Å². The Balaban J connectivity index is 1.32. The molecule has 12 heteroatoms. The molecular formula is C35H26BrN5O5S. The van der Waals surface area contributed by atoms with Crippen molar-refractivity contribution in [3.63, 3.8) is 0 Å². The van der Waals surface area contributed by atoms with Gasteiger partial charge in [0.2, 0.25) is 11.8 Å². The maximum atomic E-state index is 13.5. The molecule has 0 bridgehead atoms. The highest BCUT2D eigenvalue weighted by molar-refractivity contribution is 9.10. The number of pyridine rings is 1. The first-order chi connectivity index (χ1) is 22.5. The zero-order valence-corrected chi connectivity index (χ0v) is 27.6. The number of amides is 2. The van der Waals surface area contributed by atoms with Crippen LogP contribution in [0.3, 0.4) is 0 Å². The van der Waals surface area contributed by atoms with E-state index in [9.17, 15) is 29.7 Å². The van der Waals surface area contributed by atoms with E-state index in [0.717, 1.165) is 26.7 Å². The summed E-state index contributed by atoms with van der Waals surface area (Å²) in [5.74, 6) is -1.93. The molecule has 0 aliphatic carbocycles. The molecule has 3 aromatic carbocycles. The van der Waals surface area contributed by atoms with Crippen molar-refractivity contribution in [1.29, 1.82) is 10.5 Å². The summed E-state index contributed by atoms with van der Waals surface area (Å²) in [6, 6.07) is 23.9. The Morgan fingerprint density at radius 1 is 0.979 bits per heavy atom. The van der Waals surface area contributed by atoms with Gasteiger partial charge in [0.25, 0.3) is 0 Å². The van der Waals surface area contributed by atoms with Crippen LogP contribution in [-0.2, 0) is 14.3 Å². The number of nitrogens with zero attached hydrogens (tertiary/aromatic N) is 4. The van der Waals surface area contributed by atoms with Crippen molar-refractivity contribution in [2.75, 3.05) is 17.2 Å². The molecular weight excluding hydrogens is 682 g/mol. The van der Waals surface area contributed by atoms with Gasteiger partial charge < -0.3 is 10.5 Å². The van der Waals surface area contributed by atoms with Gasteiger partial charge in [-0.1, -0.05) is 77.9 Å². The van der Waals surface area contributed by atoms with Gasteiger partial charge in [-0.05, 0) is 53.4 Å². The third kappa shape index (κ3) is 6.94. The zero-order chi connectivity index (χ0) is 33.8. The number of anilines is 2.